The molecule has 3 rings (SSSR count). The Kier molecular flexibility index (Phi) is 6.56. The van der Waals surface area contributed by atoms with E-state index in [1.54, 1.807) is 19.2 Å². The van der Waals surface area contributed by atoms with Gasteiger partial charge in [-0.3, -0.25) is 24.6 Å². The van der Waals surface area contributed by atoms with Crippen LogP contribution in [0.3, 0.4) is 0 Å². The normalized spacial score (nSPS) is 16.8. The molecule has 0 aromatic heterocycles. The van der Waals surface area contributed by atoms with Crippen LogP contribution < -0.4 is 10.2 Å². The number of nitrogens with one attached hydrogen (secondary N) is 1. The first-order valence-electron chi connectivity index (χ1n) is 9.53. The SMILES string of the molecule is CN(C(=O)CN1CCCC(C(=O)Nc2ccccc2)C1)c1ccc([N+](=O)[O-])cc1. The van der Waals surface area contributed by atoms with Crippen LogP contribution in [0.5, 0.6) is 0 Å². The van der Waals surface area contributed by atoms with Gasteiger partial charge in [0, 0.05) is 37.1 Å². The van der Waals surface area contributed by atoms with Crippen molar-refractivity contribution in [2.75, 3.05) is 36.9 Å². The van der Waals surface area contributed by atoms with E-state index in [0.29, 0.717) is 12.2 Å². The summed E-state index contributed by atoms with van der Waals surface area (Å²) in [5, 5.41) is 13.7. The Morgan fingerprint density at radius 1 is 1.17 bits per heavy atom. The molecule has 2 amide bonds. The Bertz CT molecular complexity index is 870. The van der Waals surface area contributed by atoms with Gasteiger partial charge in [0.1, 0.15) is 0 Å². The Morgan fingerprint density at radius 3 is 2.52 bits per heavy atom. The highest BCUT2D eigenvalue weighted by Crippen LogP contribution is 2.21. The van der Waals surface area contributed by atoms with Crippen molar-refractivity contribution in [2.45, 2.75) is 12.8 Å². The van der Waals surface area contributed by atoms with Gasteiger partial charge in [0.2, 0.25) is 11.8 Å². The van der Waals surface area contributed by atoms with Gasteiger partial charge in [-0.05, 0) is 43.7 Å². The number of piperidine rings is 1. The zero-order chi connectivity index (χ0) is 20.8. The summed E-state index contributed by atoms with van der Waals surface area (Å²) in [5.41, 5.74) is 1.34. The van der Waals surface area contributed by atoms with Crippen molar-refractivity contribution >= 4 is 28.9 Å². The second kappa shape index (κ2) is 9.29. The maximum absolute atomic E-state index is 12.6. The zero-order valence-corrected chi connectivity index (χ0v) is 16.3. The molecule has 0 bridgehead atoms. The van der Waals surface area contributed by atoms with Gasteiger partial charge in [-0.25, -0.2) is 0 Å². The molecule has 2 aromatic rings. The van der Waals surface area contributed by atoms with Crippen LogP contribution in [0.2, 0.25) is 0 Å². The van der Waals surface area contributed by atoms with Crippen LogP contribution in [0.15, 0.2) is 54.6 Å². The average molecular weight is 396 g/mol. The molecule has 1 fully saturated rings. The summed E-state index contributed by atoms with van der Waals surface area (Å²) < 4.78 is 0. The molecule has 8 heteroatoms. The van der Waals surface area contributed by atoms with Gasteiger partial charge in [0.15, 0.2) is 0 Å². The van der Waals surface area contributed by atoms with Gasteiger partial charge in [-0.2, -0.15) is 0 Å². The van der Waals surface area contributed by atoms with Crippen LogP contribution in [-0.4, -0.2) is 48.3 Å². The third kappa shape index (κ3) is 5.39. The largest absolute Gasteiger partial charge is 0.326 e. The highest BCUT2D eigenvalue weighted by molar-refractivity contribution is 5.95. The smallest absolute Gasteiger partial charge is 0.269 e. The van der Waals surface area contributed by atoms with Crippen LogP contribution in [0.1, 0.15) is 12.8 Å². The maximum atomic E-state index is 12.6. The van der Waals surface area contributed by atoms with E-state index in [2.05, 4.69) is 5.32 Å². The molecule has 1 atom stereocenters. The first kappa shape index (κ1) is 20.5. The standard InChI is InChI=1S/C21H24N4O4/c1-23(18-9-11-19(12-10-18)25(28)29)20(26)15-24-13-5-6-16(14-24)21(27)22-17-7-3-2-4-8-17/h2-4,7-12,16H,5-6,13-15H2,1H3,(H,22,27). The molecule has 1 saturated heterocycles. The molecule has 1 unspecified atom stereocenters. The molecule has 0 radical (unpaired) electrons. The Morgan fingerprint density at radius 2 is 1.86 bits per heavy atom. The van der Waals surface area contributed by atoms with E-state index in [1.807, 2.05) is 35.2 Å². The summed E-state index contributed by atoms with van der Waals surface area (Å²) in [4.78, 5) is 39.0. The van der Waals surface area contributed by atoms with Crippen molar-refractivity contribution in [2.24, 2.45) is 5.92 Å². The van der Waals surface area contributed by atoms with E-state index in [1.165, 1.54) is 17.0 Å². The number of non-ortho nitro benzene ring substituents is 1. The van der Waals surface area contributed by atoms with Gasteiger partial charge in [0.05, 0.1) is 17.4 Å². The van der Waals surface area contributed by atoms with Crippen molar-refractivity contribution in [1.29, 1.82) is 0 Å². The predicted molar refractivity (Wildman–Crippen MR) is 111 cm³/mol. The summed E-state index contributed by atoms with van der Waals surface area (Å²) in [7, 11) is 1.65. The monoisotopic (exact) mass is 396 g/mol. The van der Waals surface area contributed by atoms with E-state index in [0.717, 1.165) is 25.1 Å². The quantitative estimate of drug-likeness (QED) is 0.598. The number of nitrogens with zero attached hydrogens (tertiary/aromatic N) is 3. The summed E-state index contributed by atoms with van der Waals surface area (Å²) in [6.07, 6.45) is 1.64. The van der Waals surface area contributed by atoms with Crippen LogP contribution in [0, 0.1) is 16.0 Å². The lowest BCUT2D eigenvalue weighted by atomic mass is 9.97. The van der Waals surface area contributed by atoms with Crippen molar-refractivity contribution in [3.8, 4) is 0 Å². The first-order chi connectivity index (χ1) is 13.9. The molecule has 1 aliphatic heterocycles. The van der Waals surface area contributed by atoms with Crippen LogP contribution in [0.25, 0.3) is 0 Å². The lowest BCUT2D eigenvalue weighted by Gasteiger charge is -2.32. The second-order valence-electron chi connectivity index (χ2n) is 7.16. The number of anilines is 2. The molecular weight excluding hydrogens is 372 g/mol. The number of rotatable bonds is 6. The first-order valence-corrected chi connectivity index (χ1v) is 9.53. The minimum atomic E-state index is -0.472. The van der Waals surface area contributed by atoms with Crippen molar-refractivity contribution in [1.82, 2.24) is 4.90 Å². The molecular formula is C21H24N4O4. The molecule has 0 spiro atoms. The van der Waals surface area contributed by atoms with Crippen LogP contribution in [0.4, 0.5) is 17.1 Å². The molecule has 1 N–H and O–H groups in total. The third-order valence-corrected chi connectivity index (χ3v) is 5.10. The molecule has 8 nitrogen and oxygen atoms in total. The summed E-state index contributed by atoms with van der Waals surface area (Å²) in [6, 6.07) is 15.2. The minimum absolute atomic E-state index is 0.0158. The maximum Gasteiger partial charge on any atom is 0.269 e. The Hall–Kier alpha value is -3.26. The Balaban J connectivity index is 1.55. The lowest BCUT2D eigenvalue weighted by Crippen LogP contribution is -2.45. The molecule has 1 heterocycles. The lowest BCUT2D eigenvalue weighted by molar-refractivity contribution is -0.384. The number of carbonyl (C=O) groups is 2. The number of nitro benzene ring substituents is 1. The van der Waals surface area contributed by atoms with Crippen molar-refractivity contribution < 1.29 is 14.5 Å². The highest BCUT2D eigenvalue weighted by Gasteiger charge is 2.27. The Labute approximate surface area is 169 Å². The summed E-state index contributed by atoms with van der Waals surface area (Å²) in [5.74, 6) is -0.318. The topological polar surface area (TPSA) is 95.8 Å². The van der Waals surface area contributed by atoms with Gasteiger partial charge < -0.3 is 10.2 Å². The van der Waals surface area contributed by atoms with Crippen molar-refractivity contribution in [3.05, 3.63) is 64.7 Å². The van der Waals surface area contributed by atoms with Gasteiger partial charge in [0.25, 0.3) is 5.69 Å². The fourth-order valence-electron chi connectivity index (χ4n) is 3.42. The zero-order valence-electron chi connectivity index (χ0n) is 16.3. The third-order valence-electron chi connectivity index (χ3n) is 5.10. The van der Waals surface area contributed by atoms with Gasteiger partial charge in [-0.1, -0.05) is 18.2 Å². The van der Waals surface area contributed by atoms with Crippen molar-refractivity contribution in [3.63, 3.8) is 0 Å². The molecule has 2 aromatic carbocycles. The molecule has 1 aliphatic rings. The molecule has 29 heavy (non-hydrogen) atoms. The van der Waals surface area contributed by atoms with Crippen LogP contribution in [-0.2, 0) is 9.59 Å². The minimum Gasteiger partial charge on any atom is -0.326 e. The molecule has 0 saturated carbocycles. The number of carbonyl (C=O) groups excluding carboxylic acids is 2. The number of nitro groups is 1. The number of hydrogen-bond acceptors (Lipinski definition) is 5. The van der Waals surface area contributed by atoms with E-state index >= 15 is 0 Å². The van der Waals surface area contributed by atoms with E-state index in [-0.39, 0.29) is 30.0 Å². The fourth-order valence-corrected chi connectivity index (χ4v) is 3.42. The van der Waals surface area contributed by atoms with Gasteiger partial charge >= 0.3 is 0 Å². The fraction of sp³-hybridized carbons (Fsp3) is 0.333. The highest BCUT2D eigenvalue weighted by atomic mass is 16.6. The average Bonchev–Trinajstić information content (AvgIpc) is 2.74. The predicted octanol–water partition coefficient (Wildman–Crippen LogP) is 2.91. The number of hydrogen-bond donors (Lipinski definition) is 1. The van der Waals surface area contributed by atoms with Crippen LogP contribution >= 0.6 is 0 Å². The van der Waals surface area contributed by atoms with E-state index < -0.39 is 4.92 Å². The van der Waals surface area contributed by atoms with E-state index in [9.17, 15) is 19.7 Å². The summed E-state index contributed by atoms with van der Waals surface area (Å²) >= 11 is 0. The molecule has 0 aliphatic carbocycles. The van der Waals surface area contributed by atoms with Gasteiger partial charge in [-0.15, -0.1) is 0 Å². The second-order valence-corrected chi connectivity index (χ2v) is 7.16. The number of amides is 2. The number of para-hydroxylation sites is 1. The molecule has 152 valence electrons. The summed E-state index contributed by atoms with van der Waals surface area (Å²) in [6.45, 7) is 1.48. The number of likely N-dealkylation sites (N-methyl/N-ethyl adjacent to an activating group) is 1. The number of likely N-dealkylation sites (tertiary alicyclic amines) is 1. The number of benzene rings is 2. The van der Waals surface area contributed by atoms with E-state index in [4.69, 9.17) is 0 Å².